The highest BCUT2D eigenvalue weighted by atomic mass is 32.2. The van der Waals surface area contributed by atoms with E-state index in [1.54, 1.807) is 0 Å². The van der Waals surface area contributed by atoms with Crippen molar-refractivity contribution in [1.29, 1.82) is 0 Å². The quantitative estimate of drug-likeness (QED) is 0.689. The van der Waals surface area contributed by atoms with Crippen molar-refractivity contribution in [2.45, 2.75) is 19.4 Å². The van der Waals surface area contributed by atoms with Gasteiger partial charge in [-0.05, 0) is 24.3 Å². The molecule has 4 nitrogen and oxygen atoms in total. The molecule has 2 rings (SSSR count). The number of rotatable bonds is 1. The lowest BCUT2D eigenvalue weighted by atomic mass is 10.1. The molecule has 5 heteroatoms. The molecular formula is C9H13N3OS. The highest BCUT2D eigenvalue weighted by Crippen LogP contribution is 2.15. The van der Waals surface area contributed by atoms with E-state index in [0.29, 0.717) is 12.4 Å². The number of hydrogen-bond acceptors (Lipinski definition) is 4. The molecule has 14 heavy (non-hydrogen) atoms. The number of aryl methyl sites for hydroxylation is 1. The van der Waals surface area contributed by atoms with Crippen LogP contribution in [0.15, 0.2) is 4.79 Å². The molecule has 1 aliphatic heterocycles. The third-order valence-corrected chi connectivity index (χ3v) is 3.31. The predicted octanol–water partition coefficient (Wildman–Crippen LogP) is 0.0604. The number of fused-ring (bicyclic) bond motifs is 1. The van der Waals surface area contributed by atoms with Gasteiger partial charge in [-0.15, -0.1) is 0 Å². The maximum Gasteiger partial charge on any atom is 0.254 e. The maximum absolute atomic E-state index is 11.6. The lowest BCUT2D eigenvalue weighted by Gasteiger charge is -2.04. The van der Waals surface area contributed by atoms with Crippen LogP contribution in [-0.4, -0.2) is 21.5 Å². The van der Waals surface area contributed by atoms with Crippen LogP contribution in [0.5, 0.6) is 0 Å². The first-order chi connectivity index (χ1) is 6.81. The van der Waals surface area contributed by atoms with Crippen molar-refractivity contribution in [3.63, 3.8) is 0 Å². The van der Waals surface area contributed by atoms with E-state index in [9.17, 15) is 4.79 Å². The van der Waals surface area contributed by atoms with Crippen LogP contribution in [0.25, 0.3) is 0 Å². The van der Waals surface area contributed by atoms with Crippen molar-refractivity contribution in [2.75, 3.05) is 11.5 Å². The van der Waals surface area contributed by atoms with Gasteiger partial charge in [0.05, 0.1) is 12.2 Å². The Labute approximate surface area is 86.3 Å². The summed E-state index contributed by atoms with van der Waals surface area (Å²) in [6, 6.07) is 0. The van der Waals surface area contributed by atoms with E-state index in [4.69, 9.17) is 5.73 Å². The molecule has 0 radical (unpaired) electrons. The van der Waals surface area contributed by atoms with Crippen LogP contribution in [0.3, 0.4) is 0 Å². The number of nitrogens with two attached hydrogens (primary N) is 1. The minimum atomic E-state index is -0.00190. The van der Waals surface area contributed by atoms with Crippen LogP contribution in [0, 0.1) is 0 Å². The van der Waals surface area contributed by atoms with Gasteiger partial charge in [-0.1, -0.05) is 0 Å². The van der Waals surface area contributed by atoms with Crippen molar-refractivity contribution in [3.05, 3.63) is 27.4 Å². The minimum absolute atomic E-state index is 0.00190. The standard InChI is InChI=1S/C9H13N3OS/c10-5-8-11-7-2-4-14-3-1-6(7)9(13)12-8/h1-5,10H2,(H,11,12,13). The molecule has 1 aromatic heterocycles. The van der Waals surface area contributed by atoms with Crippen LogP contribution in [0.1, 0.15) is 17.1 Å². The van der Waals surface area contributed by atoms with Gasteiger partial charge in [0.15, 0.2) is 0 Å². The molecule has 0 atom stereocenters. The van der Waals surface area contributed by atoms with Gasteiger partial charge in [0.2, 0.25) is 0 Å². The Hall–Kier alpha value is -0.810. The van der Waals surface area contributed by atoms with Crippen molar-refractivity contribution >= 4 is 11.8 Å². The number of nitrogens with one attached hydrogen (secondary N) is 1. The molecule has 0 amide bonds. The molecule has 0 spiro atoms. The molecular weight excluding hydrogens is 198 g/mol. The highest BCUT2D eigenvalue weighted by Gasteiger charge is 2.13. The van der Waals surface area contributed by atoms with E-state index in [2.05, 4.69) is 9.97 Å². The fraction of sp³-hybridized carbons (Fsp3) is 0.556. The van der Waals surface area contributed by atoms with Crippen LogP contribution >= 0.6 is 11.8 Å². The first-order valence-corrected chi connectivity index (χ1v) is 5.85. The van der Waals surface area contributed by atoms with E-state index >= 15 is 0 Å². The summed E-state index contributed by atoms with van der Waals surface area (Å²) < 4.78 is 0. The molecule has 76 valence electrons. The smallest absolute Gasteiger partial charge is 0.254 e. The highest BCUT2D eigenvalue weighted by molar-refractivity contribution is 7.99. The first kappa shape index (κ1) is 9.73. The minimum Gasteiger partial charge on any atom is -0.324 e. The number of aromatic nitrogens is 2. The zero-order valence-electron chi connectivity index (χ0n) is 7.88. The normalized spacial score (nSPS) is 16.1. The number of hydrogen-bond donors (Lipinski definition) is 2. The second-order valence-corrected chi connectivity index (χ2v) is 4.48. The third kappa shape index (κ3) is 1.83. The number of nitrogens with zero attached hydrogens (tertiary/aromatic N) is 1. The Kier molecular flexibility index (Phi) is 2.88. The van der Waals surface area contributed by atoms with Gasteiger partial charge in [0.25, 0.3) is 5.56 Å². The maximum atomic E-state index is 11.6. The van der Waals surface area contributed by atoms with Crippen molar-refractivity contribution in [1.82, 2.24) is 9.97 Å². The zero-order chi connectivity index (χ0) is 9.97. The summed E-state index contributed by atoms with van der Waals surface area (Å²) >= 11 is 1.87. The van der Waals surface area contributed by atoms with Gasteiger partial charge < -0.3 is 10.7 Å². The molecule has 1 aromatic rings. The molecule has 0 fully saturated rings. The number of aromatic amines is 1. The molecule has 0 bridgehead atoms. The van der Waals surface area contributed by atoms with Gasteiger partial charge >= 0.3 is 0 Å². The van der Waals surface area contributed by atoms with Crippen LogP contribution in [0.2, 0.25) is 0 Å². The second-order valence-electron chi connectivity index (χ2n) is 3.25. The van der Waals surface area contributed by atoms with Gasteiger partial charge in [0.1, 0.15) is 5.82 Å². The fourth-order valence-corrected chi connectivity index (χ4v) is 2.49. The molecule has 1 aliphatic rings. The monoisotopic (exact) mass is 211 g/mol. The lowest BCUT2D eigenvalue weighted by Crippen LogP contribution is -2.21. The zero-order valence-corrected chi connectivity index (χ0v) is 8.69. The van der Waals surface area contributed by atoms with E-state index in [1.165, 1.54) is 0 Å². The number of thioether (sulfide) groups is 1. The molecule has 3 N–H and O–H groups in total. The van der Waals surface area contributed by atoms with Gasteiger partial charge in [-0.2, -0.15) is 11.8 Å². The molecule has 0 saturated carbocycles. The van der Waals surface area contributed by atoms with Crippen molar-refractivity contribution < 1.29 is 0 Å². The summed E-state index contributed by atoms with van der Waals surface area (Å²) in [6.45, 7) is 0.301. The Bertz CT molecular complexity index is 388. The summed E-state index contributed by atoms with van der Waals surface area (Å²) in [7, 11) is 0. The predicted molar refractivity (Wildman–Crippen MR) is 57.5 cm³/mol. The van der Waals surface area contributed by atoms with E-state index in [0.717, 1.165) is 35.6 Å². The largest absolute Gasteiger partial charge is 0.324 e. The topological polar surface area (TPSA) is 71.8 Å². The third-order valence-electron chi connectivity index (χ3n) is 2.32. The summed E-state index contributed by atoms with van der Waals surface area (Å²) in [5.41, 5.74) is 7.25. The first-order valence-electron chi connectivity index (χ1n) is 4.70. The Morgan fingerprint density at radius 1 is 1.43 bits per heavy atom. The van der Waals surface area contributed by atoms with Gasteiger partial charge in [-0.3, -0.25) is 4.79 Å². The Morgan fingerprint density at radius 2 is 2.21 bits per heavy atom. The average Bonchev–Trinajstić information content (AvgIpc) is 2.42. The van der Waals surface area contributed by atoms with Crippen LogP contribution < -0.4 is 11.3 Å². The van der Waals surface area contributed by atoms with Crippen molar-refractivity contribution in [3.8, 4) is 0 Å². The molecule has 0 unspecified atom stereocenters. The second kappa shape index (κ2) is 4.14. The molecule has 0 aromatic carbocycles. The average molecular weight is 211 g/mol. The SMILES string of the molecule is NCc1nc2c(c(=O)[nH]1)CCSCC2. The van der Waals surface area contributed by atoms with Gasteiger partial charge in [-0.25, -0.2) is 4.98 Å². The summed E-state index contributed by atoms with van der Waals surface area (Å²) in [5, 5.41) is 0. The van der Waals surface area contributed by atoms with Crippen molar-refractivity contribution in [2.24, 2.45) is 5.73 Å². The molecule has 0 aliphatic carbocycles. The molecule has 0 saturated heterocycles. The lowest BCUT2D eigenvalue weighted by molar-refractivity contribution is 0.830. The van der Waals surface area contributed by atoms with Crippen LogP contribution in [0.4, 0.5) is 0 Å². The van der Waals surface area contributed by atoms with Gasteiger partial charge in [0, 0.05) is 5.56 Å². The van der Waals surface area contributed by atoms with E-state index in [-0.39, 0.29) is 5.56 Å². The summed E-state index contributed by atoms with van der Waals surface area (Å²) in [6.07, 6.45) is 1.71. The molecule has 2 heterocycles. The fourth-order valence-electron chi connectivity index (χ4n) is 1.60. The number of H-pyrrole nitrogens is 1. The van der Waals surface area contributed by atoms with E-state index in [1.807, 2.05) is 11.8 Å². The summed E-state index contributed by atoms with van der Waals surface area (Å²) in [4.78, 5) is 18.7. The Balaban J connectivity index is 2.48. The van der Waals surface area contributed by atoms with Crippen LogP contribution in [-0.2, 0) is 19.4 Å². The Morgan fingerprint density at radius 3 is 3.00 bits per heavy atom. The summed E-state index contributed by atoms with van der Waals surface area (Å²) in [5.74, 6) is 2.66. The van der Waals surface area contributed by atoms with E-state index < -0.39 is 0 Å².